The van der Waals surface area contributed by atoms with Crippen molar-refractivity contribution in [3.8, 4) is 0 Å². The molecule has 0 aromatic heterocycles. The van der Waals surface area contributed by atoms with E-state index >= 15 is 0 Å². The second kappa shape index (κ2) is 3.63. The predicted octanol–water partition coefficient (Wildman–Crippen LogP) is 2.24. The van der Waals surface area contributed by atoms with Crippen molar-refractivity contribution in [2.45, 2.75) is 16.8 Å². The molecule has 2 rings (SSSR count). The highest BCUT2D eigenvalue weighted by Crippen LogP contribution is 2.45. The zero-order chi connectivity index (χ0) is 12.0. The van der Waals surface area contributed by atoms with E-state index in [9.17, 15) is 12.8 Å². The molecule has 0 spiro atoms. The lowest BCUT2D eigenvalue weighted by molar-refractivity contribution is 0.323. The Morgan fingerprint density at radius 2 is 2.06 bits per heavy atom. The largest absolute Gasteiger partial charge is 0.265 e. The van der Waals surface area contributed by atoms with Crippen LogP contribution in [-0.2, 0) is 10.0 Å². The minimum absolute atomic E-state index is 0.145. The highest BCUT2D eigenvalue weighted by atomic mass is 32.2. The molecule has 1 atom stereocenters. The summed E-state index contributed by atoms with van der Waals surface area (Å²) in [6.07, 6.45) is 1.09. The first-order chi connectivity index (χ1) is 7.30. The summed E-state index contributed by atoms with van der Waals surface area (Å²) in [5, 5.41) is -1.59. The predicted molar refractivity (Wildman–Crippen MR) is 64.0 cm³/mol. The lowest BCUT2D eigenvalue weighted by Gasteiger charge is -2.35. The second-order valence-corrected chi connectivity index (χ2v) is 7.34. The van der Waals surface area contributed by atoms with Crippen molar-refractivity contribution in [3.05, 3.63) is 24.3 Å². The minimum atomic E-state index is -3.43. The maximum atomic E-state index is 14.0. The minimum Gasteiger partial charge on any atom is -0.265 e. The van der Waals surface area contributed by atoms with Gasteiger partial charge in [0.15, 0.2) is 5.00 Å². The fourth-order valence-corrected chi connectivity index (χ4v) is 3.86. The number of alkyl halides is 1. The van der Waals surface area contributed by atoms with Gasteiger partial charge in [-0.1, -0.05) is 23.9 Å². The average Bonchev–Trinajstić information content (AvgIpc) is 2.13. The summed E-state index contributed by atoms with van der Waals surface area (Å²) >= 11 is 1.06. The topological polar surface area (TPSA) is 37.4 Å². The van der Waals surface area contributed by atoms with Crippen molar-refractivity contribution in [3.63, 3.8) is 0 Å². The molecule has 0 saturated heterocycles. The standard InChI is InChI=1S/C10H12FNO2S2/c1-10(11)7-12(16(2,13)14)8-5-3-4-6-9(8)15-10/h3-6H,7H2,1-2H3. The van der Waals surface area contributed by atoms with Crippen LogP contribution in [0.4, 0.5) is 10.1 Å². The molecule has 88 valence electrons. The van der Waals surface area contributed by atoms with Gasteiger partial charge in [0.05, 0.1) is 18.5 Å². The molecule has 0 fully saturated rings. The molecule has 3 nitrogen and oxygen atoms in total. The molecule has 1 aromatic rings. The van der Waals surface area contributed by atoms with Gasteiger partial charge in [-0.25, -0.2) is 12.8 Å². The van der Waals surface area contributed by atoms with E-state index in [1.165, 1.54) is 6.92 Å². The maximum absolute atomic E-state index is 14.0. The summed E-state index contributed by atoms with van der Waals surface area (Å²) in [6, 6.07) is 6.94. The number of anilines is 1. The number of nitrogens with zero attached hydrogens (tertiary/aromatic N) is 1. The zero-order valence-electron chi connectivity index (χ0n) is 8.97. The van der Waals surface area contributed by atoms with Gasteiger partial charge in [0.25, 0.3) is 0 Å². The van der Waals surface area contributed by atoms with Crippen LogP contribution in [0.1, 0.15) is 6.92 Å². The Hall–Kier alpha value is -0.750. The van der Waals surface area contributed by atoms with Crippen molar-refractivity contribution >= 4 is 27.5 Å². The Balaban J connectivity index is 2.57. The van der Waals surface area contributed by atoms with Crippen molar-refractivity contribution in [1.82, 2.24) is 0 Å². The fourth-order valence-electron chi connectivity index (χ4n) is 1.65. The van der Waals surface area contributed by atoms with Gasteiger partial charge in [-0.3, -0.25) is 4.31 Å². The van der Waals surface area contributed by atoms with E-state index in [-0.39, 0.29) is 6.54 Å². The van der Waals surface area contributed by atoms with Crippen LogP contribution in [0.25, 0.3) is 0 Å². The van der Waals surface area contributed by atoms with Gasteiger partial charge in [0.1, 0.15) is 0 Å². The Kier molecular flexibility index (Phi) is 2.66. The number of halogens is 1. The summed E-state index contributed by atoms with van der Waals surface area (Å²) < 4.78 is 38.3. The van der Waals surface area contributed by atoms with E-state index < -0.39 is 15.0 Å². The molecule has 1 unspecified atom stereocenters. The molecule has 0 N–H and O–H groups in total. The highest BCUT2D eigenvalue weighted by Gasteiger charge is 2.38. The van der Waals surface area contributed by atoms with Gasteiger partial charge in [0, 0.05) is 4.90 Å². The van der Waals surface area contributed by atoms with Gasteiger partial charge in [-0.15, -0.1) is 0 Å². The van der Waals surface area contributed by atoms with Crippen molar-refractivity contribution < 1.29 is 12.8 Å². The fraction of sp³-hybridized carbons (Fsp3) is 0.400. The van der Waals surface area contributed by atoms with Gasteiger partial charge in [-0.05, 0) is 19.1 Å². The number of rotatable bonds is 1. The van der Waals surface area contributed by atoms with Gasteiger partial charge >= 0.3 is 0 Å². The summed E-state index contributed by atoms with van der Waals surface area (Å²) in [7, 11) is -3.43. The van der Waals surface area contributed by atoms with Crippen LogP contribution in [0.15, 0.2) is 29.2 Å². The second-order valence-electron chi connectivity index (χ2n) is 3.94. The van der Waals surface area contributed by atoms with E-state index in [0.29, 0.717) is 10.6 Å². The van der Waals surface area contributed by atoms with Gasteiger partial charge < -0.3 is 0 Å². The Bertz CT molecular complexity index is 513. The third kappa shape index (κ3) is 2.17. The summed E-state index contributed by atoms with van der Waals surface area (Å²) in [6.45, 7) is 1.25. The molecule has 1 aromatic carbocycles. The molecule has 16 heavy (non-hydrogen) atoms. The van der Waals surface area contributed by atoms with Crippen LogP contribution < -0.4 is 4.31 Å². The number of benzene rings is 1. The lowest BCUT2D eigenvalue weighted by atomic mass is 10.3. The van der Waals surface area contributed by atoms with Crippen LogP contribution in [0.3, 0.4) is 0 Å². The molecule has 1 aliphatic rings. The van der Waals surface area contributed by atoms with Crippen LogP contribution in [0, 0.1) is 0 Å². The van der Waals surface area contributed by atoms with Crippen molar-refractivity contribution in [2.24, 2.45) is 0 Å². The molecule has 6 heteroatoms. The van der Waals surface area contributed by atoms with E-state index in [1.807, 2.05) is 0 Å². The summed E-state index contributed by atoms with van der Waals surface area (Å²) in [5.74, 6) is 0. The number of hydrogen-bond donors (Lipinski definition) is 0. The van der Waals surface area contributed by atoms with Crippen LogP contribution in [-0.4, -0.2) is 26.2 Å². The molecule has 0 amide bonds. The Morgan fingerprint density at radius 3 is 2.69 bits per heavy atom. The number of thioether (sulfide) groups is 1. The maximum Gasteiger partial charge on any atom is 0.232 e. The highest BCUT2D eigenvalue weighted by molar-refractivity contribution is 8.01. The smallest absolute Gasteiger partial charge is 0.232 e. The van der Waals surface area contributed by atoms with E-state index in [4.69, 9.17) is 0 Å². The molecular weight excluding hydrogens is 249 g/mol. The molecular formula is C10H12FNO2S2. The van der Waals surface area contributed by atoms with Gasteiger partial charge in [-0.2, -0.15) is 0 Å². The number of hydrogen-bond acceptors (Lipinski definition) is 3. The van der Waals surface area contributed by atoms with E-state index in [2.05, 4.69) is 0 Å². The lowest BCUT2D eigenvalue weighted by Crippen LogP contribution is -2.42. The normalized spacial score (nSPS) is 25.3. The summed E-state index contributed by atoms with van der Waals surface area (Å²) in [5.41, 5.74) is 0.560. The first-order valence-corrected chi connectivity index (χ1v) is 7.41. The number of para-hydroxylation sites is 1. The molecule has 0 radical (unpaired) electrons. The molecule has 0 aliphatic carbocycles. The first-order valence-electron chi connectivity index (χ1n) is 4.74. The van der Waals surface area contributed by atoms with Gasteiger partial charge in [0.2, 0.25) is 10.0 Å². The molecule has 0 saturated carbocycles. The van der Waals surface area contributed by atoms with E-state index in [0.717, 1.165) is 22.3 Å². The Labute approximate surface area is 98.7 Å². The van der Waals surface area contributed by atoms with Crippen LogP contribution in [0.2, 0.25) is 0 Å². The molecule has 1 aliphatic heterocycles. The van der Waals surface area contributed by atoms with E-state index in [1.54, 1.807) is 24.3 Å². The monoisotopic (exact) mass is 261 g/mol. The third-order valence-electron chi connectivity index (χ3n) is 2.28. The van der Waals surface area contributed by atoms with Crippen LogP contribution >= 0.6 is 11.8 Å². The van der Waals surface area contributed by atoms with Crippen molar-refractivity contribution in [2.75, 3.05) is 17.1 Å². The SMILES string of the molecule is CC1(F)CN(S(C)(=O)=O)c2ccccc2S1. The zero-order valence-corrected chi connectivity index (χ0v) is 10.6. The first kappa shape index (κ1) is 11.7. The number of sulfonamides is 1. The molecule has 1 heterocycles. The quantitative estimate of drug-likeness (QED) is 0.778. The third-order valence-corrected chi connectivity index (χ3v) is 4.53. The average molecular weight is 261 g/mol. The Morgan fingerprint density at radius 1 is 1.44 bits per heavy atom. The summed E-state index contributed by atoms with van der Waals surface area (Å²) in [4.78, 5) is 0.657. The molecule has 0 bridgehead atoms. The number of fused-ring (bicyclic) bond motifs is 1. The van der Waals surface area contributed by atoms with Crippen LogP contribution in [0.5, 0.6) is 0 Å². The van der Waals surface area contributed by atoms with Crippen molar-refractivity contribution in [1.29, 1.82) is 0 Å².